The fourth-order valence-electron chi connectivity index (χ4n) is 2.91. The number of nitrogens with zero attached hydrogens (tertiary/aromatic N) is 1. The van der Waals surface area contributed by atoms with E-state index in [1.54, 1.807) is 0 Å². The molecule has 1 saturated heterocycles. The van der Waals surface area contributed by atoms with Crippen LogP contribution in [0.2, 0.25) is 0 Å². The molecule has 0 spiro atoms. The second kappa shape index (κ2) is 8.05. The second-order valence-electron chi connectivity index (χ2n) is 5.83. The molecule has 0 saturated carbocycles. The Hall–Kier alpha value is -2.22. The smallest absolute Gasteiger partial charge is 0.329 e. The third-order valence-corrected chi connectivity index (χ3v) is 4.24. The Labute approximate surface area is 140 Å². The summed E-state index contributed by atoms with van der Waals surface area (Å²) in [4.78, 5) is 49.3. The van der Waals surface area contributed by atoms with Gasteiger partial charge < -0.3 is 14.8 Å². The predicted molar refractivity (Wildman–Crippen MR) is 82.5 cm³/mol. The molecule has 3 atom stereocenters. The van der Waals surface area contributed by atoms with Gasteiger partial charge in [0.2, 0.25) is 11.8 Å². The maximum Gasteiger partial charge on any atom is 0.329 e. The molecular formula is C16H22N2O6. The topological polar surface area (TPSA) is 102 Å². The number of carbonyl (C=O) groups excluding carboxylic acids is 4. The third kappa shape index (κ3) is 3.81. The van der Waals surface area contributed by atoms with Gasteiger partial charge in [0.1, 0.15) is 6.04 Å². The summed E-state index contributed by atoms with van der Waals surface area (Å²) in [6, 6.07) is -1.04. The van der Waals surface area contributed by atoms with Gasteiger partial charge in [0.15, 0.2) is 6.61 Å². The first-order valence-electron chi connectivity index (χ1n) is 7.91. The molecule has 3 amide bonds. The minimum absolute atomic E-state index is 0.307. The first kappa shape index (κ1) is 18.1. The molecule has 132 valence electrons. The van der Waals surface area contributed by atoms with E-state index in [1.165, 1.54) is 14.0 Å². The lowest BCUT2D eigenvalue weighted by molar-refractivity contribution is -0.159. The number of allylic oxidation sites excluding steroid dienone is 2. The first-order valence-corrected chi connectivity index (χ1v) is 7.91. The first-order chi connectivity index (χ1) is 11.5. The summed E-state index contributed by atoms with van der Waals surface area (Å²) in [7, 11) is 1.51. The van der Waals surface area contributed by atoms with E-state index in [0.717, 1.165) is 4.90 Å². The van der Waals surface area contributed by atoms with E-state index in [2.05, 4.69) is 5.32 Å². The van der Waals surface area contributed by atoms with Crippen LogP contribution in [0.25, 0.3) is 0 Å². The van der Waals surface area contributed by atoms with Crippen molar-refractivity contribution in [2.24, 2.45) is 11.8 Å². The number of amides is 3. The van der Waals surface area contributed by atoms with Gasteiger partial charge in [0, 0.05) is 13.7 Å². The van der Waals surface area contributed by atoms with Crippen molar-refractivity contribution < 1.29 is 28.7 Å². The number of nitrogens with one attached hydrogen (secondary N) is 1. The maximum absolute atomic E-state index is 12.4. The third-order valence-electron chi connectivity index (χ3n) is 4.24. The summed E-state index contributed by atoms with van der Waals surface area (Å²) in [6.07, 6.45) is 4.78. The van der Waals surface area contributed by atoms with Crippen LogP contribution in [-0.2, 0) is 28.7 Å². The van der Waals surface area contributed by atoms with Crippen LogP contribution in [0.1, 0.15) is 19.8 Å². The van der Waals surface area contributed by atoms with Gasteiger partial charge >= 0.3 is 5.97 Å². The minimum Gasteiger partial charge on any atom is -0.454 e. The zero-order valence-electron chi connectivity index (χ0n) is 13.8. The lowest BCUT2D eigenvalue weighted by atomic mass is 9.85. The minimum atomic E-state index is -1.04. The van der Waals surface area contributed by atoms with Crippen LogP contribution in [0.3, 0.4) is 0 Å². The Morgan fingerprint density at radius 3 is 2.38 bits per heavy atom. The Bertz CT molecular complexity index is 533. The molecule has 2 rings (SSSR count). The van der Waals surface area contributed by atoms with Crippen LogP contribution in [0.5, 0.6) is 0 Å². The van der Waals surface area contributed by atoms with Gasteiger partial charge in [-0.2, -0.15) is 0 Å². The van der Waals surface area contributed by atoms with E-state index in [0.29, 0.717) is 26.0 Å². The molecule has 24 heavy (non-hydrogen) atoms. The summed E-state index contributed by atoms with van der Waals surface area (Å²) in [5, 5.41) is 2.51. The lowest BCUT2D eigenvalue weighted by Gasteiger charge is -2.21. The van der Waals surface area contributed by atoms with Crippen molar-refractivity contribution in [1.29, 1.82) is 0 Å². The number of likely N-dealkylation sites (tertiary alicyclic amines) is 1. The molecule has 0 aromatic heterocycles. The van der Waals surface area contributed by atoms with Crippen molar-refractivity contribution in [3.8, 4) is 0 Å². The number of esters is 1. The number of hydrogen-bond donors (Lipinski definition) is 1. The molecule has 1 N–H and O–H groups in total. The molecule has 2 aliphatic rings. The molecule has 8 nitrogen and oxygen atoms in total. The van der Waals surface area contributed by atoms with Crippen molar-refractivity contribution in [3.63, 3.8) is 0 Å². The largest absolute Gasteiger partial charge is 0.454 e. The average Bonchev–Trinajstić information content (AvgIpc) is 2.84. The number of methoxy groups -OCH3 is 1. The highest BCUT2D eigenvalue weighted by atomic mass is 16.5. The number of fused-ring (bicyclic) bond motifs is 1. The highest BCUT2D eigenvalue weighted by Crippen LogP contribution is 2.36. The normalized spacial score (nSPS) is 23.8. The molecule has 0 aromatic rings. The Morgan fingerprint density at radius 1 is 1.25 bits per heavy atom. The van der Waals surface area contributed by atoms with Gasteiger partial charge in [-0.15, -0.1) is 0 Å². The van der Waals surface area contributed by atoms with Gasteiger partial charge in [-0.1, -0.05) is 12.2 Å². The monoisotopic (exact) mass is 338 g/mol. The van der Waals surface area contributed by atoms with Gasteiger partial charge in [0.05, 0.1) is 18.4 Å². The van der Waals surface area contributed by atoms with Crippen LogP contribution in [0.15, 0.2) is 12.2 Å². The fraction of sp³-hybridized carbons (Fsp3) is 0.625. The summed E-state index contributed by atoms with van der Waals surface area (Å²) < 4.78 is 9.69. The van der Waals surface area contributed by atoms with Gasteiger partial charge in [-0.05, 0) is 19.8 Å². The van der Waals surface area contributed by atoms with Crippen LogP contribution in [-0.4, -0.2) is 61.5 Å². The molecule has 1 aliphatic heterocycles. The highest BCUT2D eigenvalue weighted by molar-refractivity contribution is 6.08. The Balaban J connectivity index is 1.88. The quantitative estimate of drug-likeness (QED) is 0.294. The van der Waals surface area contributed by atoms with Gasteiger partial charge in [-0.25, -0.2) is 4.79 Å². The number of ether oxygens (including phenoxy) is 2. The van der Waals surface area contributed by atoms with Crippen LogP contribution < -0.4 is 5.32 Å². The Kier molecular flexibility index (Phi) is 6.08. The van der Waals surface area contributed by atoms with Crippen molar-refractivity contribution in [3.05, 3.63) is 12.2 Å². The average molecular weight is 338 g/mol. The molecule has 8 heteroatoms. The molecule has 1 fully saturated rings. The van der Waals surface area contributed by atoms with Crippen molar-refractivity contribution >= 4 is 23.7 Å². The van der Waals surface area contributed by atoms with E-state index < -0.39 is 36.4 Å². The second-order valence-corrected chi connectivity index (χ2v) is 5.83. The Morgan fingerprint density at radius 2 is 1.83 bits per heavy atom. The summed E-state index contributed by atoms with van der Waals surface area (Å²) in [6.45, 7) is 1.63. The standard InChI is InChI=1S/C16H22N2O6/c1-10(16(22)24-9-13(19)17-7-8-23-2)18-14(20)11-5-3-4-6-12(11)15(18)21/h3-4,10-12H,5-9H2,1-2H3,(H,17,19)/t10-,11-,12-/m0/s1. The van der Waals surface area contributed by atoms with E-state index in [9.17, 15) is 19.2 Å². The van der Waals surface area contributed by atoms with E-state index in [4.69, 9.17) is 9.47 Å². The van der Waals surface area contributed by atoms with E-state index in [-0.39, 0.29) is 11.8 Å². The van der Waals surface area contributed by atoms with E-state index >= 15 is 0 Å². The molecule has 0 radical (unpaired) electrons. The van der Waals surface area contributed by atoms with Crippen molar-refractivity contribution in [2.45, 2.75) is 25.8 Å². The molecule has 1 aliphatic carbocycles. The summed E-state index contributed by atoms with van der Waals surface area (Å²) in [5.41, 5.74) is 0. The number of rotatable bonds is 7. The lowest BCUT2D eigenvalue weighted by Crippen LogP contribution is -2.45. The molecule has 0 unspecified atom stereocenters. The zero-order chi connectivity index (χ0) is 17.7. The molecule has 0 aromatic carbocycles. The highest BCUT2D eigenvalue weighted by Gasteiger charge is 2.50. The predicted octanol–water partition coefficient (Wildman–Crippen LogP) is -0.368. The van der Waals surface area contributed by atoms with Crippen molar-refractivity contribution in [1.82, 2.24) is 10.2 Å². The summed E-state index contributed by atoms with van der Waals surface area (Å²) >= 11 is 0. The SMILES string of the molecule is COCCNC(=O)COC(=O)[C@H](C)N1C(=O)[C@H]2CC=CC[C@@H]2C1=O. The van der Waals surface area contributed by atoms with Crippen LogP contribution in [0, 0.1) is 11.8 Å². The molecule has 0 bridgehead atoms. The number of carbonyl (C=O) groups is 4. The van der Waals surface area contributed by atoms with Gasteiger partial charge in [0.25, 0.3) is 5.91 Å². The van der Waals surface area contributed by atoms with Crippen LogP contribution >= 0.6 is 0 Å². The zero-order valence-corrected chi connectivity index (χ0v) is 13.8. The molecule has 1 heterocycles. The van der Waals surface area contributed by atoms with Crippen molar-refractivity contribution in [2.75, 3.05) is 26.9 Å². The van der Waals surface area contributed by atoms with Gasteiger partial charge in [-0.3, -0.25) is 19.3 Å². The van der Waals surface area contributed by atoms with E-state index in [1.807, 2.05) is 12.2 Å². The number of imide groups is 1. The summed E-state index contributed by atoms with van der Waals surface area (Å²) in [5.74, 6) is -2.72. The number of hydrogen-bond acceptors (Lipinski definition) is 6. The molecular weight excluding hydrogens is 316 g/mol. The fourth-order valence-corrected chi connectivity index (χ4v) is 2.91. The maximum atomic E-state index is 12.4. The van der Waals surface area contributed by atoms with Crippen LogP contribution in [0.4, 0.5) is 0 Å².